The standard InChI is InChI=1S/C19H26N4O3/c1-13-10-16(23(6)21-13)17(24)20-15-9-7-8-14(11-15)12-22(5)18(25)26-19(2,3)4/h7-11H,12H2,1-6H3,(H,20,24). The van der Waals surface area contributed by atoms with Crippen molar-refractivity contribution in [3.05, 3.63) is 47.3 Å². The maximum Gasteiger partial charge on any atom is 0.410 e. The number of nitrogens with one attached hydrogen (secondary N) is 1. The lowest BCUT2D eigenvalue weighted by Gasteiger charge is -2.24. The van der Waals surface area contributed by atoms with Crippen LogP contribution in [0.4, 0.5) is 10.5 Å². The van der Waals surface area contributed by atoms with Gasteiger partial charge in [-0.25, -0.2) is 4.79 Å². The molecule has 7 nitrogen and oxygen atoms in total. The number of aryl methyl sites for hydroxylation is 2. The van der Waals surface area contributed by atoms with Gasteiger partial charge in [-0.15, -0.1) is 0 Å². The second kappa shape index (κ2) is 7.59. The highest BCUT2D eigenvalue weighted by atomic mass is 16.6. The summed E-state index contributed by atoms with van der Waals surface area (Å²) in [5.41, 5.74) is 2.27. The summed E-state index contributed by atoms with van der Waals surface area (Å²) in [6.45, 7) is 7.70. The number of anilines is 1. The molecule has 0 atom stereocenters. The predicted molar refractivity (Wildman–Crippen MR) is 100 cm³/mol. The highest BCUT2D eigenvalue weighted by Crippen LogP contribution is 2.16. The summed E-state index contributed by atoms with van der Waals surface area (Å²) in [6, 6.07) is 9.10. The van der Waals surface area contributed by atoms with Crippen molar-refractivity contribution in [3.8, 4) is 0 Å². The third-order valence-corrected chi connectivity index (χ3v) is 3.54. The van der Waals surface area contributed by atoms with Crippen LogP contribution in [-0.4, -0.2) is 39.3 Å². The van der Waals surface area contributed by atoms with Gasteiger partial charge in [-0.05, 0) is 51.5 Å². The van der Waals surface area contributed by atoms with Crippen LogP contribution in [0.2, 0.25) is 0 Å². The van der Waals surface area contributed by atoms with Gasteiger partial charge in [0, 0.05) is 26.3 Å². The summed E-state index contributed by atoms with van der Waals surface area (Å²) in [6.07, 6.45) is -0.391. The van der Waals surface area contributed by atoms with E-state index in [-0.39, 0.29) is 5.91 Å². The second-order valence-electron chi connectivity index (χ2n) is 7.29. The summed E-state index contributed by atoms with van der Waals surface area (Å²) in [5, 5.41) is 7.04. The largest absolute Gasteiger partial charge is 0.444 e. The molecule has 0 bridgehead atoms. The van der Waals surface area contributed by atoms with Gasteiger partial charge in [-0.3, -0.25) is 9.48 Å². The van der Waals surface area contributed by atoms with Crippen LogP contribution in [0, 0.1) is 6.92 Å². The number of carbonyl (C=O) groups excluding carboxylic acids is 2. The van der Waals surface area contributed by atoms with E-state index < -0.39 is 11.7 Å². The molecule has 0 aliphatic rings. The minimum atomic E-state index is -0.539. The number of nitrogens with zero attached hydrogens (tertiary/aromatic N) is 3. The molecule has 1 N–H and O–H groups in total. The first-order valence-electron chi connectivity index (χ1n) is 8.40. The van der Waals surface area contributed by atoms with Gasteiger partial charge in [-0.1, -0.05) is 12.1 Å². The predicted octanol–water partition coefficient (Wildman–Crippen LogP) is 3.35. The maximum absolute atomic E-state index is 12.4. The van der Waals surface area contributed by atoms with Crippen LogP contribution in [0.25, 0.3) is 0 Å². The van der Waals surface area contributed by atoms with Gasteiger partial charge in [0.15, 0.2) is 0 Å². The van der Waals surface area contributed by atoms with Gasteiger partial charge in [-0.2, -0.15) is 5.10 Å². The number of carbonyl (C=O) groups is 2. The molecule has 0 aliphatic carbocycles. The molecular formula is C19H26N4O3. The molecule has 2 amide bonds. The lowest BCUT2D eigenvalue weighted by atomic mass is 10.2. The van der Waals surface area contributed by atoms with E-state index >= 15 is 0 Å². The van der Waals surface area contributed by atoms with Crippen LogP contribution in [0.1, 0.15) is 42.5 Å². The third kappa shape index (κ3) is 5.34. The first-order chi connectivity index (χ1) is 12.0. The number of hydrogen-bond acceptors (Lipinski definition) is 4. The van der Waals surface area contributed by atoms with Crippen LogP contribution in [0.15, 0.2) is 30.3 Å². The Morgan fingerprint density at radius 1 is 1.27 bits per heavy atom. The fourth-order valence-corrected chi connectivity index (χ4v) is 2.44. The summed E-state index contributed by atoms with van der Waals surface area (Å²) in [7, 11) is 3.41. The summed E-state index contributed by atoms with van der Waals surface area (Å²) >= 11 is 0. The quantitative estimate of drug-likeness (QED) is 0.909. The highest BCUT2D eigenvalue weighted by Gasteiger charge is 2.19. The van der Waals surface area contributed by atoms with Gasteiger partial charge in [0.05, 0.1) is 5.69 Å². The number of hydrogen-bond donors (Lipinski definition) is 1. The van der Waals surface area contributed by atoms with Crippen LogP contribution in [-0.2, 0) is 18.3 Å². The fourth-order valence-electron chi connectivity index (χ4n) is 2.44. The van der Waals surface area contributed by atoms with Crippen molar-refractivity contribution in [2.45, 2.75) is 39.8 Å². The zero-order chi connectivity index (χ0) is 19.5. The summed E-state index contributed by atoms with van der Waals surface area (Å²) in [5.74, 6) is -0.231. The average molecular weight is 358 g/mol. The fraction of sp³-hybridized carbons (Fsp3) is 0.421. The number of ether oxygens (including phenoxy) is 1. The van der Waals surface area contributed by atoms with Gasteiger partial charge in [0.2, 0.25) is 0 Å². The second-order valence-corrected chi connectivity index (χ2v) is 7.29. The minimum Gasteiger partial charge on any atom is -0.444 e. The van der Waals surface area contributed by atoms with Gasteiger partial charge in [0.1, 0.15) is 11.3 Å². The molecule has 7 heteroatoms. The Morgan fingerprint density at radius 3 is 2.54 bits per heavy atom. The molecule has 2 aromatic rings. The SMILES string of the molecule is Cc1cc(C(=O)Nc2cccc(CN(C)C(=O)OC(C)(C)C)c2)n(C)n1. The summed E-state index contributed by atoms with van der Waals surface area (Å²) in [4.78, 5) is 26.0. The number of rotatable bonds is 4. The monoisotopic (exact) mass is 358 g/mol. The zero-order valence-electron chi connectivity index (χ0n) is 16.2. The Balaban J connectivity index is 2.04. The Labute approximate surface area is 153 Å². The number of benzene rings is 1. The van der Waals surface area contributed by atoms with Crippen LogP contribution >= 0.6 is 0 Å². The Bertz CT molecular complexity index is 805. The average Bonchev–Trinajstić information content (AvgIpc) is 2.84. The van der Waals surface area contributed by atoms with Crippen molar-refractivity contribution >= 4 is 17.7 Å². The van der Waals surface area contributed by atoms with Crippen molar-refractivity contribution in [2.24, 2.45) is 7.05 Å². The molecule has 0 radical (unpaired) electrons. The normalized spacial score (nSPS) is 11.2. The molecule has 0 spiro atoms. The molecule has 1 heterocycles. The smallest absolute Gasteiger partial charge is 0.410 e. The van der Waals surface area contributed by atoms with Crippen LogP contribution < -0.4 is 5.32 Å². The Morgan fingerprint density at radius 2 is 1.96 bits per heavy atom. The Kier molecular flexibility index (Phi) is 5.69. The molecule has 1 aromatic carbocycles. The number of amides is 2. The van der Waals surface area contributed by atoms with E-state index in [1.165, 1.54) is 4.90 Å². The molecule has 0 fully saturated rings. The topological polar surface area (TPSA) is 76.5 Å². The molecule has 0 saturated heterocycles. The van der Waals surface area contributed by atoms with E-state index in [0.717, 1.165) is 11.3 Å². The van der Waals surface area contributed by atoms with E-state index in [4.69, 9.17) is 4.74 Å². The van der Waals surface area contributed by atoms with Gasteiger partial charge in [0.25, 0.3) is 5.91 Å². The van der Waals surface area contributed by atoms with E-state index in [0.29, 0.717) is 17.9 Å². The zero-order valence-corrected chi connectivity index (χ0v) is 16.2. The van der Waals surface area contributed by atoms with Crippen LogP contribution in [0.3, 0.4) is 0 Å². The van der Waals surface area contributed by atoms with Crippen molar-refractivity contribution in [3.63, 3.8) is 0 Å². The van der Waals surface area contributed by atoms with Crippen molar-refractivity contribution in [1.82, 2.24) is 14.7 Å². The van der Waals surface area contributed by atoms with Crippen LogP contribution in [0.5, 0.6) is 0 Å². The lowest BCUT2D eigenvalue weighted by Crippen LogP contribution is -2.33. The minimum absolute atomic E-state index is 0.231. The summed E-state index contributed by atoms with van der Waals surface area (Å²) < 4.78 is 6.89. The first kappa shape index (κ1) is 19.5. The Hall–Kier alpha value is -2.83. The molecule has 0 unspecified atom stereocenters. The van der Waals surface area contributed by atoms with E-state index in [1.807, 2.05) is 45.9 Å². The van der Waals surface area contributed by atoms with E-state index in [1.54, 1.807) is 30.9 Å². The molecule has 2 rings (SSSR count). The highest BCUT2D eigenvalue weighted by molar-refractivity contribution is 6.03. The third-order valence-electron chi connectivity index (χ3n) is 3.54. The lowest BCUT2D eigenvalue weighted by molar-refractivity contribution is 0.0285. The van der Waals surface area contributed by atoms with Crippen molar-refractivity contribution in [1.29, 1.82) is 0 Å². The first-order valence-corrected chi connectivity index (χ1v) is 8.40. The number of aromatic nitrogens is 2. The van der Waals surface area contributed by atoms with Crippen molar-refractivity contribution in [2.75, 3.05) is 12.4 Å². The molecule has 0 saturated carbocycles. The van der Waals surface area contributed by atoms with Gasteiger partial charge < -0.3 is 15.0 Å². The van der Waals surface area contributed by atoms with Gasteiger partial charge >= 0.3 is 6.09 Å². The molecule has 140 valence electrons. The molecule has 0 aliphatic heterocycles. The van der Waals surface area contributed by atoms with E-state index in [9.17, 15) is 9.59 Å². The van der Waals surface area contributed by atoms with E-state index in [2.05, 4.69) is 10.4 Å². The molecule has 26 heavy (non-hydrogen) atoms. The van der Waals surface area contributed by atoms with Crippen molar-refractivity contribution < 1.29 is 14.3 Å². The maximum atomic E-state index is 12.4. The molecular weight excluding hydrogens is 332 g/mol. The molecule has 1 aromatic heterocycles.